The summed E-state index contributed by atoms with van der Waals surface area (Å²) in [6.07, 6.45) is 4.77. The average Bonchev–Trinajstić information content (AvgIpc) is 1.75. The molecule has 10 rings (SSSR count). The number of hydrogen-bond donors (Lipinski definition) is 12. The van der Waals surface area contributed by atoms with Crippen molar-refractivity contribution < 1.29 is 86.2 Å². The largest absolute Gasteiger partial charge is 0.448 e. The summed E-state index contributed by atoms with van der Waals surface area (Å²) in [6, 6.07) is 24.4. The van der Waals surface area contributed by atoms with Crippen LogP contribution in [-0.2, 0) is 100 Å². The third-order valence-electron chi connectivity index (χ3n) is 25.7. The van der Waals surface area contributed by atoms with Crippen LogP contribution in [0.2, 0.25) is 0 Å². The predicted molar refractivity (Wildman–Crippen MR) is 523 cm³/mol. The molecule has 0 heterocycles. The van der Waals surface area contributed by atoms with Crippen LogP contribution in [0.25, 0.3) is 22.3 Å². The van der Waals surface area contributed by atoms with E-state index in [0.717, 1.165) is 109 Å². The second-order valence-electron chi connectivity index (χ2n) is 37.1. The van der Waals surface area contributed by atoms with Gasteiger partial charge in [-0.15, -0.1) is 0 Å². The van der Waals surface area contributed by atoms with Gasteiger partial charge in [0.15, 0.2) is 0 Å². The van der Waals surface area contributed by atoms with Crippen LogP contribution in [0.15, 0.2) is 158 Å². The molecule has 0 aliphatic heterocycles. The molecule has 0 aromatic heterocycles. The van der Waals surface area contributed by atoms with Gasteiger partial charge in [-0.05, 0) is 187 Å². The molecule has 2 fully saturated rings. The second-order valence-corrected chi connectivity index (χ2v) is 47.4. The van der Waals surface area contributed by atoms with Gasteiger partial charge < -0.3 is 73.7 Å². The van der Waals surface area contributed by atoms with Gasteiger partial charge in [0.1, 0.15) is 90.8 Å². The Labute approximate surface area is 799 Å². The summed E-state index contributed by atoms with van der Waals surface area (Å²) < 4.78 is 12.7. The number of rotatable bonds is 39. The summed E-state index contributed by atoms with van der Waals surface area (Å²) >= 11 is 13.9. The highest BCUT2D eigenvalue weighted by molar-refractivity contribution is 8.22. The van der Waals surface area contributed by atoms with E-state index >= 15 is 38.4 Å². The molecule has 2 saturated carbocycles. The molecule has 0 spiro atoms. The van der Waals surface area contributed by atoms with Crippen molar-refractivity contribution in [3.8, 4) is 22.3 Å². The number of nitrogens with zero attached hydrogens (tertiary/aromatic N) is 2. The van der Waals surface area contributed by atoms with Crippen molar-refractivity contribution >= 4 is 141 Å². The van der Waals surface area contributed by atoms with Gasteiger partial charge in [0.25, 0.3) is 11.8 Å². The molecule has 0 radical (unpaired) electrons. The van der Waals surface area contributed by atoms with Gasteiger partial charge in [-0.1, -0.05) is 234 Å². The number of carbonyl (C=O) groups is 16. The minimum absolute atomic E-state index is 0.0849. The van der Waals surface area contributed by atoms with E-state index in [9.17, 15) is 38.4 Å². The molecule has 724 valence electrons. The van der Waals surface area contributed by atoms with E-state index in [1.807, 2.05) is 97.1 Å². The van der Waals surface area contributed by atoms with Crippen LogP contribution in [0.4, 0.5) is 9.59 Å². The van der Waals surface area contributed by atoms with Crippen LogP contribution < -0.4 is 74.8 Å². The molecule has 6 aromatic rings. The van der Waals surface area contributed by atoms with Crippen LogP contribution in [0, 0.1) is 5.92 Å². The standard InChI is InChI=1S/C99H128N14O18P2S2/c1-56(2)82(109-90(122)81(55-133(135,68-40-24-18-25-41-68)69-42-26-19-27-43-69)113(97(129)131-53-79-76-50-34-30-46-72(76)73-47-31-35-51-77(73)79)93(125)64(10)108-95(127)99(14,15)111-87(119)61(7)102-84(116)58(4)101-65(11)114)91(123)105-60(6)86(118)106-63(9)92(124)112(96(128)130-52-78-74-48-32-28-44-70(74)71-45-29-33-49-75(71)78)80(54-132(134,66-36-20-16-21-37-66)67-38-22-17-23-39-67)89(121)104-59(5)85(117)103-62(8)88(120)110-98(12,13)94(126)107-57(3)83(100)115/h18-19,24-35,40-51,56-64,66-67,78-82H,16-17,20-23,36-39,52-55H2,1-15H3,(H2,100,115)(H,101,114)(H,102,116)(H,103,117)(H,104,121)(H,105,123)(H,106,118)(H,107,126)(H,108,127)(H,109,122)(H,110,120)(H,111,119)/t57-,58-,59-,60-,61-,62-,63-,64-,80-,81+,82-/m0/s1. The molecule has 135 heavy (non-hydrogen) atoms. The molecule has 11 atom stereocenters. The lowest BCUT2D eigenvalue weighted by Gasteiger charge is -2.44. The maximum atomic E-state index is 16.4. The van der Waals surface area contributed by atoms with E-state index in [4.69, 9.17) is 38.8 Å². The Kier molecular flexibility index (Phi) is 35.9. The lowest BCUT2D eigenvalue weighted by atomic mass is 9.98. The molecule has 4 aliphatic carbocycles. The number of hydrogen-bond acceptors (Lipinski definition) is 20. The fourth-order valence-electron chi connectivity index (χ4n) is 17.8. The maximum Gasteiger partial charge on any atom is 0.417 e. The Morgan fingerprint density at radius 2 is 0.674 bits per heavy atom. The first-order valence-electron chi connectivity index (χ1n) is 46.1. The number of primary amides is 1. The van der Waals surface area contributed by atoms with Gasteiger partial charge in [0.2, 0.25) is 70.9 Å². The molecule has 16 amide bonds. The molecule has 36 heteroatoms. The Bertz CT molecular complexity index is 5380. The van der Waals surface area contributed by atoms with Crippen LogP contribution >= 0.6 is 12.1 Å². The summed E-state index contributed by atoms with van der Waals surface area (Å²) in [5.41, 5.74) is 8.42. The van der Waals surface area contributed by atoms with Crippen molar-refractivity contribution in [3.63, 3.8) is 0 Å². The Morgan fingerprint density at radius 3 is 1.04 bits per heavy atom. The number of nitrogens with two attached hydrogens (primary N) is 1. The molecular formula is C99H128N14O18P2S2. The van der Waals surface area contributed by atoms with Gasteiger partial charge in [0.05, 0.1) is 0 Å². The normalized spacial score (nSPS) is 16.4. The molecule has 13 N–H and O–H groups in total. The number of fused-ring (bicyclic) bond motifs is 6. The summed E-state index contributed by atoms with van der Waals surface area (Å²) in [6.45, 7) is 19.7. The highest BCUT2D eigenvalue weighted by Gasteiger charge is 2.50. The molecule has 0 saturated heterocycles. The average molecular weight is 1930 g/mol. The zero-order chi connectivity index (χ0) is 98.9. The van der Waals surface area contributed by atoms with Crippen LogP contribution in [-0.4, -0.2) is 219 Å². The monoisotopic (exact) mass is 1930 g/mol. The SMILES string of the molecule is CC(=O)N[C@@H](C)C(=O)N[C@@H](C)C(=O)NC(C)(C)C(=O)N[C@@H](C)C(=O)N(C(=O)OCC1c2ccccc2-c2ccccc21)[C@H](CP(=S)(c1ccccc1)c1ccccc1)C(=O)N[C@H](C(=O)N[C@@H](C)C(=O)N[C@@H](C)C(=O)N(C(=O)OCC1c2ccccc2-c2ccccc21)[C@@H](CP(=S)(C1CCCCC1)C1CCCCC1)C(=O)N[C@@H](C)C(=O)N[C@@H](C)C(=O)NC(C)(C)C(=O)N[C@@H](C)C(N)=O)C(C)C. The van der Waals surface area contributed by atoms with Crippen molar-refractivity contribution in [2.24, 2.45) is 11.7 Å². The van der Waals surface area contributed by atoms with Crippen molar-refractivity contribution in [2.75, 3.05) is 25.5 Å². The minimum atomic E-state index is -3.49. The number of benzene rings is 6. The second kappa shape index (κ2) is 46.1. The molecular weight excluding hydrogens is 1800 g/mol. The van der Waals surface area contributed by atoms with Crippen molar-refractivity contribution in [1.82, 2.24) is 68.3 Å². The van der Waals surface area contributed by atoms with Gasteiger partial charge in [-0.3, -0.25) is 67.1 Å². The zero-order valence-electron chi connectivity index (χ0n) is 79.2. The van der Waals surface area contributed by atoms with Crippen LogP contribution in [0.5, 0.6) is 0 Å². The Hall–Kier alpha value is -11.9. The molecule has 4 aliphatic rings. The lowest BCUT2D eigenvalue weighted by Crippen LogP contribution is -2.64. The van der Waals surface area contributed by atoms with Crippen LogP contribution in [0.3, 0.4) is 0 Å². The quantitative estimate of drug-likeness (QED) is 0.0162. The summed E-state index contributed by atoms with van der Waals surface area (Å²) in [5.74, 6) is -14.9. The number of carbonyl (C=O) groups excluding carboxylic acids is 16. The fraction of sp³-hybridized carbons (Fsp3) is 0.475. The maximum absolute atomic E-state index is 16.4. The highest BCUT2D eigenvalue weighted by Crippen LogP contribution is 2.64. The van der Waals surface area contributed by atoms with E-state index in [1.54, 1.807) is 74.5 Å². The zero-order valence-corrected chi connectivity index (χ0v) is 82.6. The lowest BCUT2D eigenvalue weighted by molar-refractivity contribution is -0.142. The van der Waals surface area contributed by atoms with Gasteiger partial charge in [0, 0.05) is 37.1 Å². The molecule has 32 nitrogen and oxygen atoms in total. The van der Waals surface area contributed by atoms with Crippen molar-refractivity contribution in [1.29, 1.82) is 0 Å². The highest BCUT2D eigenvalue weighted by atomic mass is 32.4. The van der Waals surface area contributed by atoms with E-state index in [2.05, 4.69) is 58.5 Å². The topological polar surface area (TPSA) is 456 Å². The van der Waals surface area contributed by atoms with Gasteiger partial charge in [-0.25, -0.2) is 19.4 Å². The predicted octanol–water partition coefficient (Wildman–Crippen LogP) is 8.03. The smallest absolute Gasteiger partial charge is 0.417 e. The Morgan fingerprint density at radius 1 is 0.370 bits per heavy atom. The third-order valence-corrected chi connectivity index (χ3v) is 37.2. The van der Waals surface area contributed by atoms with Crippen molar-refractivity contribution in [2.45, 2.75) is 269 Å². The first kappa shape index (κ1) is 105. The van der Waals surface area contributed by atoms with Crippen LogP contribution in [0.1, 0.15) is 202 Å². The number of nitrogens with one attached hydrogen (secondary N) is 11. The minimum Gasteiger partial charge on any atom is -0.448 e. The van der Waals surface area contributed by atoms with Crippen molar-refractivity contribution in [3.05, 3.63) is 180 Å². The van der Waals surface area contributed by atoms with E-state index in [0.29, 0.717) is 20.4 Å². The Balaban J connectivity index is 0.979. The first-order valence-corrected chi connectivity index (χ1v) is 52.2. The number of amides is 16. The fourth-order valence-corrected chi connectivity index (χ4v) is 28.1. The van der Waals surface area contributed by atoms with E-state index in [-0.39, 0.29) is 24.1 Å². The third kappa shape index (κ3) is 25.7. The summed E-state index contributed by atoms with van der Waals surface area (Å²) in [5, 5.41) is 29.7. The van der Waals surface area contributed by atoms with E-state index < -0.39 is 215 Å². The summed E-state index contributed by atoms with van der Waals surface area (Å²) in [4.78, 5) is 235. The molecule has 6 aromatic carbocycles. The first-order chi connectivity index (χ1) is 63.8. The van der Waals surface area contributed by atoms with Gasteiger partial charge in [-0.2, -0.15) is 0 Å². The number of ether oxygens (including phenoxy) is 2. The number of imide groups is 2. The molecule has 0 bridgehead atoms. The summed E-state index contributed by atoms with van der Waals surface area (Å²) in [7, 11) is 0. The van der Waals surface area contributed by atoms with E-state index in [1.165, 1.54) is 90.0 Å². The molecule has 0 unspecified atom stereocenters. The van der Waals surface area contributed by atoms with Gasteiger partial charge >= 0.3 is 12.2 Å².